The largest absolute Gasteiger partial charge is 0.472 e. The molecule has 2 amide bonds. The average molecular weight is 455 g/mol. The zero-order valence-corrected chi connectivity index (χ0v) is 20.3. The maximum Gasteiger partial charge on any atom is 0.259 e. The van der Waals surface area contributed by atoms with Gasteiger partial charge in [0.05, 0.1) is 12.6 Å². The smallest absolute Gasteiger partial charge is 0.259 e. The van der Waals surface area contributed by atoms with Gasteiger partial charge in [-0.2, -0.15) is 0 Å². The molecule has 0 saturated carbocycles. The van der Waals surface area contributed by atoms with Crippen LogP contribution in [0.15, 0.2) is 36.5 Å². The highest BCUT2D eigenvalue weighted by atomic mass is 16.5. The number of benzene rings is 1. The summed E-state index contributed by atoms with van der Waals surface area (Å²) in [5, 5.41) is 9.79. The molecule has 0 bridgehead atoms. The van der Waals surface area contributed by atoms with Crippen LogP contribution in [0.4, 0.5) is 0 Å². The van der Waals surface area contributed by atoms with Crippen LogP contribution in [0, 0.1) is 5.92 Å². The predicted octanol–water partition coefficient (Wildman–Crippen LogP) is 2.23. The number of pyridine rings is 1. The SMILES string of the molecule is C[C@H]1CN([C@@H](C)CO)C(=O)c2cc(-c3cccc(C(=O)N(C)C)c3)cnc2O[C@@H]1CN(C)C. The normalized spacial score (nSPS) is 19.4. The van der Waals surface area contributed by atoms with E-state index in [-0.39, 0.29) is 42.4 Å². The highest BCUT2D eigenvalue weighted by Crippen LogP contribution is 2.30. The number of aliphatic hydroxyl groups is 1. The Balaban J connectivity index is 2.07. The third kappa shape index (κ3) is 5.51. The first-order valence-electron chi connectivity index (χ1n) is 11.2. The van der Waals surface area contributed by atoms with Gasteiger partial charge in [-0.25, -0.2) is 4.98 Å². The van der Waals surface area contributed by atoms with Crippen molar-refractivity contribution in [1.82, 2.24) is 19.7 Å². The van der Waals surface area contributed by atoms with Crippen LogP contribution in [-0.2, 0) is 0 Å². The number of rotatable bonds is 6. The standard InChI is InChI=1S/C25H34N4O4/c1-16-13-29(17(2)15-30)25(32)21-11-20(12-26-23(21)33-22(16)14-27(3)4)18-8-7-9-19(10-18)24(31)28(5)6/h7-12,16-17,22,30H,13-15H2,1-6H3/t16-,17-,22+/m0/s1. The van der Waals surface area contributed by atoms with E-state index in [1.54, 1.807) is 43.4 Å². The third-order valence-electron chi connectivity index (χ3n) is 5.92. The van der Waals surface area contributed by atoms with Gasteiger partial charge < -0.3 is 24.5 Å². The molecule has 33 heavy (non-hydrogen) atoms. The number of aromatic nitrogens is 1. The maximum absolute atomic E-state index is 13.5. The van der Waals surface area contributed by atoms with Gasteiger partial charge in [-0.3, -0.25) is 9.59 Å². The number of hydrogen-bond donors (Lipinski definition) is 1. The monoisotopic (exact) mass is 454 g/mol. The minimum atomic E-state index is -0.337. The highest BCUT2D eigenvalue weighted by molar-refractivity contribution is 5.98. The summed E-state index contributed by atoms with van der Waals surface area (Å²) >= 11 is 0. The van der Waals surface area contributed by atoms with Gasteiger partial charge in [-0.1, -0.05) is 19.1 Å². The lowest BCUT2D eigenvalue weighted by molar-refractivity contribution is 0.0348. The van der Waals surface area contributed by atoms with Crippen LogP contribution in [0.3, 0.4) is 0 Å². The lowest BCUT2D eigenvalue weighted by Crippen LogP contribution is -2.49. The number of amides is 2. The number of carbonyl (C=O) groups excluding carboxylic acids is 2. The summed E-state index contributed by atoms with van der Waals surface area (Å²) in [5.74, 6) is 0.0158. The number of aliphatic hydroxyl groups excluding tert-OH is 1. The molecule has 1 aromatic carbocycles. The second-order valence-electron chi connectivity index (χ2n) is 9.24. The number of hydrogen-bond acceptors (Lipinski definition) is 6. The van der Waals surface area contributed by atoms with Crippen LogP contribution in [-0.4, -0.2) is 96.6 Å². The topological polar surface area (TPSA) is 86.2 Å². The molecule has 0 saturated heterocycles. The van der Waals surface area contributed by atoms with E-state index in [0.29, 0.717) is 29.8 Å². The summed E-state index contributed by atoms with van der Waals surface area (Å²) in [7, 11) is 7.38. The Bertz CT molecular complexity index is 1010. The van der Waals surface area contributed by atoms with Crippen LogP contribution in [0.5, 0.6) is 5.88 Å². The Morgan fingerprint density at radius 1 is 1.24 bits per heavy atom. The fourth-order valence-corrected chi connectivity index (χ4v) is 3.93. The Kier molecular flexibility index (Phi) is 7.71. The van der Waals surface area contributed by atoms with Crippen LogP contribution in [0.2, 0.25) is 0 Å². The van der Waals surface area contributed by atoms with Crippen LogP contribution in [0.25, 0.3) is 11.1 Å². The lowest BCUT2D eigenvalue weighted by Gasteiger charge is -2.37. The molecule has 1 aliphatic rings. The van der Waals surface area contributed by atoms with Crippen molar-refractivity contribution >= 4 is 11.8 Å². The van der Waals surface area contributed by atoms with Gasteiger partial charge in [0.15, 0.2) is 0 Å². The van der Waals surface area contributed by atoms with Gasteiger partial charge >= 0.3 is 0 Å². The lowest BCUT2D eigenvalue weighted by atomic mass is 9.98. The van der Waals surface area contributed by atoms with E-state index in [4.69, 9.17) is 4.74 Å². The van der Waals surface area contributed by atoms with Crippen molar-refractivity contribution in [2.45, 2.75) is 26.0 Å². The molecule has 1 N–H and O–H groups in total. The minimum absolute atomic E-state index is 0.0497. The zero-order valence-electron chi connectivity index (χ0n) is 20.3. The quantitative estimate of drug-likeness (QED) is 0.721. The van der Waals surface area contributed by atoms with E-state index in [2.05, 4.69) is 4.98 Å². The summed E-state index contributed by atoms with van der Waals surface area (Å²) in [4.78, 5) is 35.7. The molecule has 0 aliphatic carbocycles. The molecule has 8 heteroatoms. The van der Waals surface area contributed by atoms with Gasteiger partial charge in [0.25, 0.3) is 11.8 Å². The van der Waals surface area contributed by atoms with Crippen molar-refractivity contribution < 1.29 is 19.4 Å². The molecular formula is C25H34N4O4. The van der Waals surface area contributed by atoms with Gasteiger partial charge in [0.1, 0.15) is 11.7 Å². The number of likely N-dealkylation sites (N-methyl/N-ethyl adjacent to an activating group) is 1. The van der Waals surface area contributed by atoms with Gasteiger partial charge in [0, 0.05) is 50.4 Å². The van der Waals surface area contributed by atoms with Crippen LogP contribution >= 0.6 is 0 Å². The molecule has 8 nitrogen and oxygen atoms in total. The molecule has 0 fully saturated rings. The fourth-order valence-electron chi connectivity index (χ4n) is 3.93. The molecular weight excluding hydrogens is 420 g/mol. The molecule has 0 radical (unpaired) electrons. The van der Waals surface area contributed by atoms with Crippen molar-refractivity contribution in [1.29, 1.82) is 0 Å². The first-order chi connectivity index (χ1) is 15.6. The van der Waals surface area contributed by atoms with E-state index in [0.717, 1.165) is 5.56 Å². The van der Waals surface area contributed by atoms with Crippen molar-refractivity contribution in [3.05, 3.63) is 47.7 Å². The molecule has 0 unspecified atom stereocenters. The Hall–Kier alpha value is -2.97. The Labute approximate surface area is 195 Å². The zero-order chi connectivity index (χ0) is 24.3. The van der Waals surface area contributed by atoms with Crippen LogP contribution < -0.4 is 4.74 Å². The van der Waals surface area contributed by atoms with E-state index in [1.165, 1.54) is 4.90 Å². The van der Waals surface area contributed by atoms with Crippen LogP contribution in [0.1, 0.15) is 34.6 Å². The molecule has 178 valence electrons. The van der Waals surface area contributed by atoms with E-state index < -0.39 is 0 Å². The van der Waals surface area contributed by atoms with Crippen molar-refractivity contribution in [2.24, 2.45) is 5.92 Å². The molecule has 0 spiro atoms. The molecule has 2 aromatic rings. The minimum Gasteiger partial charge on any atom is -0.472 e. The van der Waals surface area contributed by atoms with Crippen molar-refractivity contribution in [2.75, 3.05) is 47.9 Å². The first kappa shape index (κ1) is 24.7. The van der Waals surface area contributed by atoms with Gasteiger partial charge in [-0.05, 0) is 44.8 Å². The number of fused-ring (bicyclic) bond motifs is 1. The molecule has 3 atom stereocenters. The van der Waals surface area contributed by atoms with E-state index in [9.17, 15) is 14.7 Å². The van der Waals surface area contributed by atoms with E-state index >= 15 is 0 Å². The summed E-state index contributed by atoms with van der Waals surface area (Å²) in [6.45, 7) is 4.89. The highest BCUT2D eigenvalue weighted by Gasteiger charge is 2.34. The summed E-state index contributed by atoms with van der Waals surface area (Å²) in [6.07, 6.45) is 1.50. The molecule has 2 heterocycles. The second-order valence-corrected chi connectivity index (χ2v) is 9.24. The van der Waals surface area contributed by atoms with Gasteiger partial charge in [-0.15, -0.1) is 0 Å². The second kappa shape index (κ2) is 10.3. The summed E-state index contributed by atoms with van der Waals surface area (Å²) < 4.78 is 6.25. The van der Waals surface area contributed by atoms with Crippen molar-refractivity contribution in [3.8, 4) is 17.0 Å². The number of nitrogens with zero attached hydrogens (tertiary/aromatic N) is 4. The Morgan fingerprint density at radius 3 is 2.61 bits per heavy atom. The maximum atomic E-state index is 13.5. The number of ether oxygens (including phenoxy) is 1. The molecule has 3 rings (SSSR count). The van der Waals surface area contributed by atoms with Crippen molar-refractivity contribution in [3.63, 3.8) is 0 Å². The molecule has 1 aromatic heterocycles. The first-order valence-corrected chi connectivity index (χ1v) is 11.2. The third-order valence-corrected chi connectivity index (χ3v) is 5.92. The van der Waals surface area contributed by atoms with Gasteiger partial charge in [0.2, 0.25) is 5.88 Å². The Morgan fingerprint density at radius 2 is 1.97 bits per heavy atom. The fraction of sp³-hybridized carbons (Fsp3) is 0.480. The van der Waals surface area contributed by atoms with E-state index in [1.807, 2.05) is 45.0 Å². The average Bonchev–Trinajstić information content (AvgIpc) is 2.79. The molecule has 1 aliphatic heterocycles. The number of carbonyl (C=O) groups is 2. The summed E-state index contributed by atoms with van der Waals surface area (Å²) in [6, 6.07) is 8.69. The summed E-state index contributed by atoms with van der Waals surface area (Å²) in [5.41, 5.74) is 2.41. The predicted molar refractivity (Wildman–Crippen MR) is 127 cm³/mol.